The molecule has 0 aliphatic carbocycles. The molecule has 0 spiro atoms. The van der Waals surface area contributed by atoms with E-state index in [2.05, 4.69) is 26.2 Å². The van der Waals surface area contributed by atoms with Gasteiger partial charge in [0.1, 0.15) is 12.4 Å². The summed E-state index contributed by atoms with van der Waals surface area (Å²) in [7, 11) is 0. The maximum Gasteiger partial charge on any atom is 0.322 e. The Bertz CT molecular complexity index is 542. The topological polar surface area (TPSA) is 62.2 Å². The van der Waals surface area contributed by atoms with Crippen LogP contribution in [-0.2, 0) is 4.79 Å². The van der Waals surface area contributed by atoms with Crippen molar-refractivity contribution in [1.29, 1.82) is 0 Å². The number of hydrogen-bond acceptors (Lipinski definition) is 3. The standard InChI is InChI=1S/C11H9BrN2O2/c12-8-1-2-9-7(5-8)3-4-13-11(9)14-6-10(15)16/h1-5H,6H2,(H,13,14)(H,15,16). The third-order valence-corrected chi connectivity index (χ3v) is 2.63. The molecule has 2 rings (SSSR count). The van der Waals surface area contributed by atoms with Gasteiger partial charge >= 0.3 is 5.97 Å². The van der Waals surface area contributed by atoms with Crippen molar-refractivity contribution >= 4 is 38.5 Å². The number of carboxylic acids is 1. The number of nitrogens with zero attached hydrogens (tertiary/aromatic N) is 1. The quantitative estimate of drug-likeness (QED) is 0.907. The van der Waals surface area contributed by atoms with Gasteiger partial charge in [0.25, 0.3) is 0 Å². The van der Waals surface area contributed by atoms with Crippen LogP contribution in [0.4, 0.5) is 5.82 Å². The average molecular weight is 281 g/mol. The van der Waals surface area contributed by atoms with Crippen LogP contribution in [0.5, 0.6) is 0 Å². The first-order valence-electron chi connectivity index (χ1n) is 4.67. The molecule has 5 heteroatoms. The van der Waals surface area contributed by atoms with Crippen LogP contribution >= 0.6 is 15.9 Å². The third-order valence-electron chi connectivity index (χ3n) is 2.13. The molecule has 1 aromatic heterocycles. The Hall–Kier alpha value is -1.62. The lowest BCUT2D eigenvalue weighted by Gasteiger charge is -2.06. The van der Waals surface area contributed by atoms with E-state index in [1.807, 2.05) is 24.3 Å². The van der Waals surface area contributed by atoms with Crippen LogP contribution in [0.1, 0.15) is 0 Å². The van der Waals surface area contributed by atoms with Gasteiger partial charge in [0, 0.05) is 16.1 Å². The van der Waals surface area contributed by atoms with Gasteiger partial charge in [-0.3, -0.25) is 4.79 Å². The molecule has 0 saturated carbocycles. The zero-order valence-electron chi connectivity index (χ0n) is 8.27. The second-order valence-electron chi connectivity index (χ2n) is 3.27. The molecule has 0 bridgehead atoms. The molecule has 2 N–H and O–H groups in total. The Morgan fingerprint density at radius 1 is 1.44 bits per heavy atom. The fourth-order valence-corrected chi connectivity index (χ4v) is 1.83. The van der Waals surface area contributed by atoms with Crippen LogP contribution in [0.15, 0.2) is 34.9 Å². The number of pyridine rings is 1. The van der Waals surface area contributed by atoms with Gasteiger partial charge in [-0.25, -0.2) is 4.98 Å². The molecular formula is C11H9BrN2O2. The monoisotopic (exact) mass is 280 g/mol. The summed E-state index contributed by atoms with van der Waals surface area (Å²) < 4.78 is 0.982. The van der Waals surface area contributed by atoms with Crippen molar-refractivity contribution in [3.05, 3.63) is 34.9 Å². The van der Waals surface area contributed by atoms with Gasteiger partial charge in [0.15, 0.2) is 0 Å². The lowest BCUT2D eigenvalue weighted by atomic mass is 10.1. The highest BCUT2D eigenvalue weighted by atomic mass is 79.9. The summed E-state index contributed by atoms with van der Waals surface area (Å²) in [5.74, 6) is -0.316. The number of halogens is 1. The van der Waals surface area contributed by atoms with Crippen LogP contribution in [0.3, 0.4) is 0 Å². The average Bonchev–Trinajstić information content (AvgIpc) is 2.25. The van der Waals surface area contributed by atoms with E-state index in [-0.39, 0.29) is 6.54 Å². The van der Waals surface area contributed by atoms with Gasteiger partial charge in [0.2, 0.25) is 0 Å². The molecule has 2 aromatic rings. The van der Waals surface area contributed by atoms with Crippen molar-refractivity contribution in [3.8, 4) is 0 Å². The number of anilines is 1. The molecule has 82 valence electrons. The Labute approximate surface area is 100 Å². The molecule has 0 unspecified atom stereocenters. The van der Waals surface area contributed by atoms with Gasteiger partial charge < -0.3 is 10.4 Å². The van der Waals surface area contributed by atoms with E-state index >= 15 is 0 Å². The van der Waals surface area contributed by atoms with Crippen LogP contribution in [0, 0.1) is 0 Å². The largest absolute Gasteiger partial charge is 0.480 e. The minimum atomic E-state index is -0.907. The minimum absolute atomic E-state index is 0.137. The zero-order chi connectivity index (χ0) is 11.5. The van der Waals surface area contributed by atoms with Crippen molar-refractivity contribution < 1.29 is 9.90 Å². The molecule has 1 aromatic carbocycles. The second kappa shape index (κ2) is 4.49. The molecule has 0 saturated heterocycles. The van der Waals surface area contributed by atoms with Gasteiger partial charge in [-0.1, -0.05) is 15.9 Å². The molecule has 0 fully saturated rings. The fourth-order valence-electron chi connectivity index (χ4n) is 1.45. The van der Waals surface area contributed by atoms with Gasteiger partial charge in [-0.2, -0.15) is 0 Å². The van der Waals surface area contributed by atoms with Crippen molar-refractivity contribution in [2.24, 2.45) is 0 Å². The number of hydrogen-bond donors (Lipinski definition) is 2. The molecule has 0 aliphatic heterocycles. The van der Waals surface area contributed by atoms with E-state index in [9.17, 15) is 4.79 Å². The summed E-state index contributed by atoms with van der Waals surface area (Å²) in [4.78, 5) is 14.6. The Morgan fingerprint density at radius 3 is 3.00 bits per heavy atom. The smallest absolute Gasteiger partial charge is 0.322 e. The summed E-state index contributed by atoms with van der Waals surface area (Å²) in [6, 6.07) is 7.64. The maximum absolute atomic E-state index is 10.5. The molecule has 16 heavy (non-hydrogen) atoms. The number of nitrogens with one attached hydrogen (secondary N) is 1. The SMILES string of the molecule is O=C(O)CNc1nccc2cc(Br)ccc12. The van der Waals surface area contributed by atoms with Crippen LogP contribution in [0.25, 0.3) is 10.8 Å². The van der Waals surface area contributed by atoms with E-state index in [1.165, 1.54) is 0 Å². The van der Waals surface area contributed by atoms with Crippen LogP contribution in [0.2, 0.25) is 0 Å². The molecule has 0 aliphatic rings. The van der Waals surface area contributed by atoms with E-state index < -0.39 is 5.97 Å². The fraction of sp³-hybridized carbons (Fsp3) is 0.0909. The van der Waals surface area contributed by atoms with E-state index in [4.69, 9.17) is 5.11 Å². The molecule has 0 radical (unpaired) electrons. The summed E-state index contributed by atoms with van der Waals surface area (Å²) >= 11 is 3.38. The zero-order valence-corrected chi connectivity index (χ0v) is 9.86. The van der Waals surface area contributed by atoms with Crippen LogP contribution in [-0.4, -0.2) is 22.6 Å². The summed E-state index contributed by atoms with van der Waals surface area (Å²) in [6.45, 7) is -0.137. The predicted octanol–water partition coefficient (Wildman–Crippen LogP) is 2.49. The van der Waals surface area contributed by atoms with Gasteiger partial charge in [0.05, 0.1) is 0 Å². The van der Waals surface area contributed by atoms with Crippen molar-refractivity contribution in [2.75, 3.05) is 11.9 Å². The van der Waals surface area contributed by atoms with Gasteiger partial charge in [-0.15, -0.1) is 0 Å². The Morgan fingerprint density at radius 2 is 2.25 bits per heavy atom. The maximum atomic E-state index is 10.5. The summed E-state index contributed by atoms with van der Waals surface area (Å²) in [5.41, 5.74) is 0. The summed E-state index contributed by atoms with van der Waals surface area (Å²) in [6.07, 6.45) is 1.65. The highest BCUT2D eigenvalue weighted by Crippen LogP contribution is 2.24. The Kier molecular flexibility index (Phi) is 3.05. The van der Waals surface area contributed by atoms with Crippen LogP contribution < -0.4 is 5.32 Å². The molecule has 0 atom stereocenters. The highest BCUT2D eigenvalue weighted by Gasteiger charge is 2.03. The first-order chi connectivity index (χ1) is 7.66. The number of aliphatic carboxylic acids is 1. The third kappa shape index (κ3) is 2.30. The molecule has 4 nitrogen and oxygen atoms in total. The van der Waals surface area contributed by atoms with E-state index in [1.54, 1.807) is 6.20 Å². The van der Waals surface area contributed by atoms with E-state index in [0.717, 1.165) is 15.2 Å². The number of carboxylic acid groups (broad SMARTS) is 1. The molecule has 0 amide bonds. The summed E-state index contributed by atoms with van der Waals surface area (Å²) in [5, 5.41) is 13.3. The molecule has 1 heterocycles. The number of fused-ring (bicyclic) bond motifs is 1. The van der Waals surface area contributed by atoms with Crippen molar-refractivity contribution in [1.82, 2.24) is 4.98 Å². The predicted molar refractivity (Wildman–Crippen MR) is 65.6 cm³/mol. The second-order valence-corrected chi connectivity index (χ2v) is 4.19. The number of aromatic nitrogens is 1. The first kappa shape index (κ1) is 10.9. The van der Waals surface area contributed by atoms with Gasteiger partial charge in [-0.05, 0) is 29.7 Å². The number of rotatable bonds is 3. The molecular weight excluding hydrogens is 272 g/mol. The Balaban J connectivity index is 2.41. The first-order valence-corrected chi connectivity index (χ1v) is 5.46. The number of benzene rings is 1. The van der Waals surface area contributed by atoms with Crippen molar-refractivity contribution in [2.45, 2.75) is 0 Å². The lowest BCUT2D eigenvalue weighted by molar-refractivity contribution is -0.134. The van der Waals surface area contributed by atoms with E-state index in [0.29, 0.717) is 5.82 Å². The normalized spacial score (nSPS) is 10.3. The minimum Gasteiger partial charge on any atom is -0.480 e. The van der Waals surface area contributed by atoms with Crippen molar-refractivity contribution in [3.63, 3.8) is 0 Å². The number of carbonyl (C=O) groups is 1. The lowest BCUT2D eigenvalue weighted by Crippen LogP contribution is -2.13. The highest BCUT2D eigenvalue weighted by molar-refractivity contribution is 9.10.